The van der Waals surface area contributed by atoms with Crippen molar-refractivity contribution in [1.29, 1.82) is 0 Å². The van der Waals surface area contributed by atoms with E-state index in [1.807, 2.05) is 84.9 Å². The van der Waals surface area contributed by atoms with Crippen LogP contribution >= 0.6 is 0 Å². The molecule has 0 aliphatic carbocycles. The molecular weight excluding hydrogens is 310 g/mol. The lowest BCUT2D eigenvalue weighted by molar-refractivity contribution is -0.112. The fourth-order valence-corrected chi connectivity index (χ4v) is 3.00. The molecule has 25 heavy (non-hydrogen) atoms. The van der Waals surface area contributed by atoms with E-state index in [9.17, 15) is 4.79 Å². The number of amides is 1. The summed E-state index contributed by atoms with van der Waals surface area (Å²) in [7, 11) is 1.80. The van der Waals surface area contributed by atoms with Gasteiger partial charge in [0.15, 0.2) is 0 Å². The van der Waals surface area contributed by atoms with E-state index in [-0.39, 0.29) is 5.91 Å². The van der Waals surface area contributed by atoms with E-state index in [2.05, 4.69) is 0 Å². The lowest BCUT2D eigenvalue weighted by Gasteiger charge is -2.08. The monoisotopic (exact) mass is 327 g/mol. The van der Waals surface area contributed by atoms with Gasteiger partial charge in [0.25, 0.3) is 5.91 Å². The fraction of sp³-hybridized carbons (Fsp3) is 0.0455. The van der Waals surface area contributed by atoms with Crippen molar-refractivity contribution >= 4 is 23.2 Å². The molecule has 0 spiro atoms. The van der Waals surface area contributed by atoms with Crippen LogP contribution in [0, 0.1) is 0 Å². The smallest absolute Gasteiger partial charge is 0.258 e. The first-order valence-electron chi connectivity index (χ1n) is 8.14. The number of carbonyl (C=O) groups is 1. The topological polar surface area (TPSA) is 29.5 Å². The third-order valence-corrected chi connectivity index (χ3v) is 4.24. The lowest BCUT2D eigenvalue weighted by Crippen LogP contribution is -2.20. The maximum absolute atomic E-state index is 12.6. The number of ether oxygens (including phenoxy) is 1. The van der Waals surface area contributed by atoms with E-state index in [1.165, 1.54) is 0 Å². The zero-order valence-electron chi connectivity index (χ0n) is 13.8. The van der Waals surface area contributed by atoms with Crippen LogP contribution < -0.4 is 9.64 Å². The Morgan fingerprint density at radius 2 is 1.56 bits per heavy atom. The van der Waals surface area contributed by atoms with E-state index < -0.39 is 0 Å². The third-order valence-electron chi connectivity index (χ3n) is 4.24. The van der Waals surface area contributed by atoms with Crippen LogP contribution in [0.4, 0.5) is 5.69 Å². The second-order valence-corrected chi connectivity index (χ2v) is 5.93. The van der Waals surface area contributed by atoms with Crippen molar-refractivity contribution < 1.29 is 9.53 Å². The van der Waals surface area contributed by atoms with E-state index in [0.717, 1.165) is 28.3 Å². The second-order valence-electron chi connectivity index (χ2n) is 5.93. The van der Waals surface area contributed by atoms with Gasteiger partial charge in [-0.2, -0.15) is 0 Å². The number of rotatable bonds is 3. The molecule has 0 fully saturated rings. The molecule has 0 saturated carbocycles. The number of likely N-dealkylation sites (N-methyl/N-ethyl adjacent to an activating group) is 1. The molecule has 3 nitrogen and oxygen atoms in total. The molecule has 3 heteroatoms. The minimum atomic E-state index is 0.00980. The van der Waals surface area contributed by atoms with Gasteiger partial charge in [0.1, 0.15) is 11.5 Å². The highest BCUT2D eigenvalue weighted by Crippen LogP contribution is 2.36. The number of fused-ring (bicyclic) bond motifs is 1. The highest BCUT2D eigenvalue weighted by atomic mass is 16.5. The fourth-order valence-electron chi connectivity index (χ4n) is 3.00. The van der Waals surface area contributed by atoms with Crippen molar-refractivity contribution in [1.82, 2.24) is 0 Å². The van der Waals surface area contributed by atoms with Crippen molar-refractivity contribution in [3.63, 3.8) is 0 Å². The van der Waals surface area contributed by atoms with Gasteiger partial charge in [-0.1, -0.05) is 48.5 Å². The molecule has 3 aromatic rings. The van der Waals surface area contributed by atoms with Gasteiger partial charge in [-0.25, -0.2) is 0 Å². The molecule has 4 rings (SSSR count). The zero-order chi connectivity index (χ0) is 17.2. The van der Waals surface area contributed by atoms with Gasteiger partial charge in [-0.3, -0.25) is 4.79 Å². The van der Waals surface area contributed by atoms with Crippen LogP contribution in [0.1, 0.15) is 11.1 Å². The lowest BCUT2D eigenvalue weighted by atomic mass is 10.0. The van der Waals surface area contributed by atoms with Gasteiger partial charge >= 0.3 is 0 Å². The molecule has 0 aromatic heterocycles. The van der Waals surface area contributed by atoms with Crippen LogP contribution in [0.2, 0.25) is 0 Å². The van der Waals surface area contributed by atoms with Gasteiger partial charge in [-0.15, -0.1) is 0 Å². The molecule has 1 heterocycles. The molecular formula is C22H17NO2. The highest BCUT2D eigenvalue weighted by Gasteiger charge is 2.28. The molecule has 0 radical (unpaired) electrons. The summed E-state index contributed by atoms with van der Waals surface area (Å²) in [6.07, 6.45) is 1.92. The molecule has 1 aliphatic rings. The van der Waals surface area contributed by atoms with Crippen LogP contribution in [-0.4, -0.2) is 13.0 Å². The van der Waals surface area contributed by atoms with Gasteiger partial charge in [0.05, 0.1) is 5.69 Å². The first-order valence-corrected chi connectivity index (χ1v) is 8.14. The summed E-state index contributed by atoms with van der Waals surface area (Å²) >= 11 is 0. The van der Waals surface area contributed by atoms with Gasteiger partial charge in [-0.05, 0) is 42.0 Å². The Morgan fingerprint density at radius 3 is 2.40 bits per heavy atom. The third kappa shape index (κ3) is 2.92. The number of benzene rings is 3. The minimum Gasteiger partial charge on any atom is -0.457 e. The van der Waals surface area contributed by atoms with Gasteiger partial charge in [0, 0.05) is 18.2 Å². The Hall–Kier alpha value is -3.33. The van der Waals surface area contributed by atoms with Crippen LogP contribution in [0.3, 0.4) is 0 Å². The summed E-state index contributed by atoms with van der Waals surface area (Å²) in [6.45, 7) is 0. The minimum absolute atomic E-state index is 0.00980. The summed E-state index contributed by atoms with van der Waals surface area (Å²) < 4.78 is 5.88. The van der Waals surface area contributed by atoms with Crippen LogP contribution in [0.15, 0.2) is 78.9 Å². The Labute approximate surface area is 146 Å². The van der Waals surface area contributed by atoms with Gasteiger partial charge < -0.3 is 9.64 Å². The summed E-state index contributed by atoms with van der Waals surface area (Å²) in [5.41, 5.74) is 3.54. The van der Waals surface area contributed by atoms with Gasteiger partial charge in [0.2, 0.25) is 0 Å². The van der Waals surface area contributed by atoms with Crippen molar-refractivity contribution in [2.45, 2.75) is 0 Å². The predicted molar refractivity (Wildman–Crippen MR) is 101 cm³/mol. The van der Waals surface area contributed by atoms with Crippen molar-refractivity contribution in [2.24, 2.45) is 0 Å². The van der Waals surface area contributed by atoms with Crippen LogP contribution in [0.25, 0.3) is 11.6 Å². The van der Waals surface area contributed by atoms with E-state index in [1.54, 1.807) is 11.9 Å². The highest BCUT2D eigenvalue weighted by molar-refractivity contribution is 6.35. The Morgan fingerprint density at radius 1 is 0.840 bits per heavy atom. The SMILES string of the molecule is CN1C(=O)/C(=C\c2cccc(Oc3ccccc3)c2)c2ccccc21. The molecule has 122 valence electrons. The molecule has 1 aliphatic heterocycles. The Bertz CT molecular complexity index is 961. The molecule has 0 saturated heterocycles. The van der Waals surface area contributed by atoms with Crippen molar-refractivity contribution in [2.75, 3.05) is 11.9 Å². The summed E-state index contributed by atoms with van der Waals surface area (Å²) in [6, 6.07) is 25.2. The number of para-hydroxylation sites is 2. The molecule has 0 N–H and O–H groups in total. The number of carbonyl (C=O) groups excluding carboxylic acids is 1. The normalized spacial score (nSPS) is 14.7. The Kier molecular flexibility index (Phi) is 3.82. The van der Waals surface area contributed by atoms with E-state index in [4.69, 9.17) is 4.74 Å². The quantitative estimate of drug-likeness (QED) is 0.634. The maximum Gasteiger partial charge on any atom is 0.258 e. The summed E-state index contributed by atoms with van der Waals surface area (Å²) in [5.74, 6) is 1.54. The van der Waals surface area contributed by atoms with E-state index >= 15 is 0 Å². The number of hydrogen-bond acceptors (Lipinski definition) is 2. The summed E-state index contributed by atoms with van der Waals surface area (Å²) in [4.78, 5) is 14.3. The average Bonchev–Trinajstić information content (AvgIpc) is 2.88. The first kappa shape index (κ1) is 15.2. The zero-order valence-corrected chi connectivity index (χ0v) is 13.8. The molecule has 0 unspecified atom stereocenters. The Balaban J connectivity index is 1.68. The summed E-state index contributed by atoms with van der Waals surface area (Å²) in [5, 5.41) is 0. The predicted octanol–water partition coefficient (Wildman–Crippen LogP) is 5.00. The number of anilines is 1. The maximum atomic E-state index is 12.6. The average molecular weight is 327 g/mol. The van der Waals surface area contributed by atoms with Crippen molar-refractivity contribution in [3.05, 3.63) is 90.0 Å². The van der Waals surface area contributed by atoms with Crippen molar-refractivity contribution in [3.8, 4) is 11.5 Å². The van der Waals surface area contributed by atoms with E-state index in [0.29, 0.717) is 5.57 Å². The molecule has 0 atom stereocenters. The largest absolute Gasteiger partial charge is 0.457 e. The second kappa shape index (κ2) is 6.29. The molecule has 0 bridgehead atoms. The molecule has 1 amide bonds. The molecule has 3 aromatic carbocycles. The standard InChI is InChI=1S/C22H17NO2/c1-23-21-13-6-5-12-19(21)20(22(23)24)15-16-8-7-11-18(14-16)25-17-9-3-2-4-10-17/h2-15H,1H3/b20-15-. The number of nitrogens with zero attached hydrogens (tertiary/aromatic N) is 1. The van der Waals surface area contributed by atoms with Crippen LogP contribution in [-0.2, 0) is 4.79 Å². The number of hydrogen-bond donors (Lipinski definition) is 0. The van der Waals surface area contributed by atoms with Crippen LogP contribution in [0.5, 0.6) is 11.5 Å². The first-order chi connectivity index (χ1) is 12.2.